The zero-order chi connectivity index (χ0) is 32.5. The lowest BCUT2D eigenvalue weighted by molar-refractivity contribution is -0.143. The predicted octanol–water partition coefficient (Wildman–Crippen LogP) is -2.53. The maximum Gasteiger partial charge on any atom is 0.326 e. The number of carbonyl (C=O) groups is 7. The van der Waals surface area contributed by atoms with Crippen LogP contribution in [0.2, 0.25) is 0 Å². The first-order chi connectivity index (χ1) is 20.2. The molecule has 16 heteroatoms. The van der Waals surface area contributed by atoms with E-state index in [2.05, 4.69) is 21.3 Å². The van der Waals surface area contributed by atoms with Crippen molar-refractivity contribution in [3.8, 4) is 0 Å². The van der Waals surface area contributed by atoms with Crippen LogP contribution in [0.4, 0.5) is 0 Å². The Balaban J connectivity index is 3.22. The molecule has 16 nitrogen and oxygen atoms in total. The topological polar surface area (TPSA) is 286 Å². The molecular formula is C27H41N7O9. The minimum Gasteiger partial charge on any atom is -0.481 e. The lowest BCUT2D eigenvalue weighted by Crippen LogP contribution is -2.59. The van der Waals surface area contributed by atoms with Crippen LogP contribution >= 0.6 is 0 Å². The summed E-state index contributed by atoms with van der Waals surface area (Å²) in [6.07, 6.45) is -0.534. The molecule has 0 aliphatic rings. The number of nitrogens with two attached hydrogens (primary N) is 3. The van der Waals surface area contributed by atoms with Gasteiger partial charge in [0.15, 0.2) is 0 Å². The van der Waals surface area contributed by atoms with Gasteiger partial charge in [-0.1, -0.05) is 30.3 Å². The van der Waals surface area contributed by atoms with E-state index in [0.717, 1.165) is 0 Å². The van der Waals surface area contributed by atoms with Gasteiger partial charge >= 0.3 is 11.9 Å². The van der Waals surface area contributed by atoms with Gasteiger partial charge in [0.25, 0.3) is 0 Å². The van der Waals surface area contributed by atoms with Gasteiger partial charge in [-0.2, -0.15) is 0 Å². The maximum atomic E-state index is 13.3. The summed E-state index contributed by atoms with van der Waals surface area (Å²) in [6, 6.07) is 1.68. The van der Waals surface area contributed by atoms with Crippen LogP contribution in [-0.2, 0) is 40.0 Å². The molecule has 0 fully saturated rings. The molecule has 1 aromatic carbocycles. The van der Waals surface area contributed by atoms with Crippen LogP contribution in [0.25, 0.3) is 0 Å². The van der Waals surface area contributed by atoms with Crippen LogP contribution in [0.15, 0.2) is 30.3 Å². The van der Waals surface area contributed by atoms with Gasteiger partial charge in [-0.15, -0.1) is 0 Å². The van der Waals surface area contributed by atoms with E-state index >= 15 is 0 Å². The second-order valence-corrected chi connectivity index (χ2v) is 9.95. The largest absolute Gasteiger partial charge is 0.481 e. The Kier molecular flexibility index (Phi) is 15.9. The summed E-state index contributed by atoms with van der Waals surface area (Å²) in [5.74, 6) is -7.18. The Bertz CT molecular complexity index is 1130. The Morgan fingerprint density at radius 2 is 1.28 bits per heavy atom. The minimum absolute atomic E-state index is 0.0851. The number of rotatable bonds is 20. The maximum absolute atomic E-state index is 13.3. The van der Waals surface area contributed by atoms with Crippen LogP contribution in [0.3, 0.4) is 0 Å². The second kappa shape index (κ2) is 18.8. The molecule has 0 saturated heterocycles. The number of hydrogen-bond donors (Lipinski definition) is 9. The van der Waals surface area contributed by atoms with Crippen molar-refractivity contribution in [2.75, 3.05) is 6.54 Å². The van der Waals surface area contributed by atoms with E-state index in [1.54, 1.807) is 30.3 Å². The number of benzene rings is 1. The number of carbonyl (C=O) groups excluding carboxylic acids is 5. The number of carboxylic acid groups (broad SMARTS) is 2. The second-order valence-electron chi connectivity index (χ2n) is 9.95. The molecule has 0 aliphatic heterocycles. The zero-order valence-electron chi connectivity index (χ0n) is 23.9. The number of carboxylic acids is 2. The summed E-state index contributed by atoms with van der Waals surface area (Å²) in [6.45, 7) is 1.69. The van der Waals surface area contributed by atoms with Crippen molar-refractivity contribution in [1.82, 2.24) is 21.3 Å². The van der Waals surface area contributed by atoms with Crippen LogP contribution < -0.4 is 38.5 Å². The predicted molar refractivity (Wildman–Crippen MR) is 153 cm³/mol. The molecule has 1 rings (SSSR count). The van der Waals surface area contributed by atoms with E-state index in [-0.39, 0.29) is 25.7 Å². The highest BCUT2D eigenvalue weighted by Crippen LogP contribution is 2.08. The fraction of sp³-hybridized carbons (Fsp3) is 0.519. The van der Waals surface area contributed by atoms with Crippen molar-refractivity contribution in [2.24, 2.45) is 17.2 Å². The van der Waals surface area contributed by atoms with E-state index in [1.807, 2.05) is 0 Å². The van der Waals surface area contributed by atoms with E-state index < -0.39 is 78.1 Å². The van der Waals surface area contributed by atoms with Crippen LogP contribution in [-0.4, -0.2) is 88.4 Å². The molecule has 5 atom stereocenters. The van der Waals surface area contributed by atoms with E-state index in [9.17, 15) is 43.8 Å². The standard InChI is InChI=1S/C27H41N7O9/c1-15(29)23(38)31-17(10-11-21(30)35)24(39)34-20(14-22(36)37)26(41)33-19(13-16-7-3-2-4-8-16)25(40)32-18(27(42)43)9-5-6-12-28/h2-4,7-8,15,17-20H,5-6,9-14,28-29H2,1H3,(H2,30,35)(H,31,38)(H,32,40)(H,33,41)(H,34,39)(H,36,37)(H,42,43)/t15-,17-,18-,19-,20-/m0/s1. The van der Waals surface area contributed by atoms with Gasteiger partial charge in [0.05, 0.1) is 12.5 Å². The quantitative estimate of drug-likeness (QED) is 0.0696. The van der Waals surface area contributed by atoms with Crippen molar-refractivity contribution in [1.29, 1.82) is 0 Å². The highest BCUT2D eigenvalue weighted by molar-refractivity contribution is 5.97. The molecule has 0 aromatic heterocycles. The lowest BCUT2D eigenvalue weighted by Gasteiger charge is -2.26. The fourth-order valence-electron chi connectivity index (χ4n) is 3.87. The van der Waals surface area contributed by atoms with Crippen LogP contribution in [0.1, 0.15) is 51.0 Å². The number of primary amides is 1. The summed E-state index contributed by atoms with van der Waals surface area (Å²) in [5, 5.41) is 28.4. The van der Waals surface area contributed by atoms with Crippen molar-refractivity contribution >= 4 is 41.5 Å². The van der Waals surface area contributed by atoms with Crippen LogP contribution in [0, 0.1) is 0 Å². The molecule has 0 heterocycles. The van der Waals surface area contributed by atoms with Gasteiger partial charge in [0.2, 0.25) is 29.5 Å². The highest BCUT2D eigenvalue weighted by atomic mass is 16.4. The third kappa shape index (κ3) is 14.2. The van der Waals surface area contributed by atoms with E-state index in [4.69, 9.17) is 17.2 Å². The number of nitrogens with one attached hydrogen (secondary N) is 4. The highest BCUT2D eigenvalue weighted by Gasteiger charge is 2.32. The Morgan fingerprint density at radius 3 is 1.81 bits per heavy atom. The molecule has 1 aromatic rings. The number of hydrogen-bond acceptors (Lipinski definition) is 9. The molecule has 12 N–H and O–H groups in total. The van der Waals surface area contributed by atoms with Crippen LogP contribution in [0.5, 0.6) is 0 Å². The van der Waals surface area contributed by atoms with Gasteiger partial charge in [0, 0.05) is 12.8 Å². The average Bonchev–Trinajstić information content (AvgIpc) is 2.93. The molecule has 238 valence electrons. The first-order valence-corrected chi connectivity index (χ1v) is 13.7. The third-order valence-electron chi connectivity index (χ3n) is 6.21. The SMILES string of the molecule is C[C@H](N)C(=O)N[C@@H](CCC(N)=O)C(=O)N[C@@H](CC(=O)O)C(=O)N[C@@H](Cc1ccccc1)C(=O)N[C@@H](CCCCN)C(=O)O. The summed E-state index contributed by atoms with van der Waals surface area (Å²) >= 11 is 0. The minimum atomic E-state index is -1.72. The van der Waals surface area contributed by atoms with Gasteiger partial charge in [-0.05, 0) is 44.7 Å². The lowest BCUT2D eigenvalue weighted by atomic mass is 10.0. The summed E-state index contributed by atoms with van der Waals surface area (Å²) in [4.78, 5) is 86.2. The normalized spacial score (nSPS) is 14.2. The Morgan fingerprint density at radius 1 is 0.744 bits per heavy atom. The van der Waals surface area contributed by atoms with Gasteiger partial charge in [-0.25, -0.2) is 4.79 Å². The smallest absolute Gasteiger partial charge is 0.326 e. The van der Waals surface area contributed by atoms with Gasteiger partial charge in [0.1, 0.15) is 24.2 Å². The van der Waals surface area contributed by atoms with Gasteiger partial charge < -0.3 is 48.7 Å². The van der Waals surface area contributed by atoms with Crippen molar-refractivity contribution in [3.63, 3.8) is 0 Å². The number of aliphatic carboxylic acids is 2. The van der Waals surface area contributed by atoms with Crippen molar-refractivity contribution in [2.45, 2.75) is 82.1 Å². The molecular weight excluding hydrogens is 566 g/mol. The molecule has 5 amide bonds. The Labute approximate surface area is 248 Å². The number of amides is 5. The third-order valence-corrected chi connectivity index (χ3v) is 6.21. The van der Waals surface area contributed by atoms with E-state index in [0.29, 0.717) is 24.9 Å². The summed E-state index contributed by atoms with van der Waals surface area (Å²) < 4.78 is 0. The summed E-state index contributed by atoms with van der Waals surface area (Å²) in [7, 11) is 0. The Hall–Kier alpha value is -4.57. The zero-order valence-corrected chi connectivity index (χ0v) is 23.9. The molecule has 0 unspecified atom stereocenters. The van der Waals surface area contributed by atoms with E-state index in [1.165, 1.54) is 6.92 Å². The summed E-state index contributed by atoms with van der Waals surface area (Å²) in [5.41, 5.74) is 16.7. The first kappa shape index (κ1) is 36.5. The molecule has 0 saturated carbocycles. The molecule has 43 heavy (non-hydrogen) atoms. The molecule has 0 spiro atoms. The van der Waals surface area contributed by atoms with Crippen molar-refractivity contribution < 1.29 is 43.8 Å². The monoisotopic (exact) mass is 607 g/mol. The molecule has 0 bridgehead atoms. The molecule has 0 radical (unpaired) electrons. The van der Waals surface area contributed by atoms with Crippen molar-refractivity contribution in [3.05, 3.63) is 35.9 Å². The number of unbranched alkanes of at least 4 members (excludes halogenated alkanes) is 1. The average molecular weight is 608 g/mol. The van der Waals surface area contributed by atoms with Gasteiger partial charge in [-0.3, -0.25) is 28.8 Å². The first-order valence-electron chi connectivity index (χ1n) is 13.7. The molecule has 0 aliphatic carbocycles. The fourth-order valence-corrected chi connectivity index (χ4v) is 3.87.